The van der Waals surface area contributed by atoms with Gasteiger partial charge < -0.3 is 5.73 Å². The maximum atomic E-state index is 5.82. The van der Waals surface area contributed by atoms with Gasteiger partial charge in [0.15, 0.2) is 5.82 Å². The van der Waals surface area contributed by atoms with Crippen molar-refractivity contribution >= 4 is 32.5 Å². The van der Waals surface area contributed by atoms with E-state index in [9.17, 15) is 0 Å². The van der Waals surface area contributed by atoms with E-state index < -0.39 is 0 Å². The average molecular weight is 317 g/mol. The van der Waals surface area contributed by atoms with Crippen molar-refractivity contribution in [3.63, 3.8) is 0 Å². The van der Waals surface area contributed by atoms with E-state index in [-0.39, 0.29) is 0 Å². The third kappa shape index (κ3) is 2.10. The summed E-state index contributed by atoms with van der Waals surface area (Å²) in [5.41, 5.74) is 7.74. The van der Waals surface area contributed by atoms with Gasteiger partial charge in [-0.2, -0.15) is 0 Å². The Bertz CT molecular complexity index is 748. The number of fused-ring (bicyclic) bond motifs is 1. The Labute approximate surface area is 119 Å². The second-order valence-corrected chi connectivity index (χ2v) is 5.28. The number of nitrogen functional groups attached to an aromatic ring is 1. The molecular formula is C14H13BrN4. The van der Waals surface area contributed by atoms with Crippen LogP contribution < -0.4 is 5.73 Å². The van der Waals surface area contributed by atoms with Crippen molar-refractivity contribution in [2.24, 2.45) is 0 Å². The van der Waals surface area contributed by atoms with Crippen LogP contribution in [0, 0.1) is 0 Å². The lowest BCUT2D eigenvalue weighted by atomic mass is 10.1. The van der Waals surface area contributed by atoms with Gasteiger partial charge in [-0.3, -0.25) is 0 Å². The molecule has 3 aromatic rings. The van der Waals surface area contributed by atoms with Crippen LogP contribution in [0.1, 0.15) is 12.6 Å². The summed E-state index contributed by atoms with van der Waals surface area (Å²) in [5.74, 6) is 0.499. The third-order valence-electron chi connectivity index (χ3n) is 3.16. The van der Waals surface area contributed by atoms with Gasteiger partial charge in [0.1, 0.15) is 0 Å². The Morgan fingerprint density at radius 3 is 2.68 bits per heavy atom. The van der Waals surface area contributed by atoms with Gasteiger partial charge in [0.05, 0.1) is 11.4 Å². The summed E-state index contributed by atoms with van der Waals surface area (Å²) >= 11 is 3.48. The molecule has 0 spiro atoms. The van der Waals surface area contributed by atoms with E-state index in [2.05, 4.69) is 50.5 Å². The standard InChI is InChI=1S/C14H13BrN4/c1-2-13-14(16)17-18-19(13)12-6-4-9-7-11(15)5-3-10(9)8-12/h3-8H,2,16H2,1H3. The summed E-state index contributed by atoms with van der Waals surface area (Å²) < 4.78 is 2.88. The molecule has 0 aliphatic carbocycles. The molecule has 0 bridgehead atoms. The monoisotopic (exact) mass is 316 g/mol. The number of hydrogen-bond donors (Lipinski definition) is 1. The van der Waals surface area contributed by atoms with E-state index >= 15 is 0 Å². The molecule has 3 rings (SSSR count). The maximum absolute atomic E-state index is 5.82. The SMILES string of the molecule is CCc1c(N)nnn1-c1ccc2cc(Br)ccc2c1. The summed E-state index contributed by atoms with van der Waals surface area (Å²) in [4.78, 5) is 0. The molecule has 19 heavy (non-hydrogen) atoms. The zero-order valence-electron chi connectivity index (χ0n) is 10.5. The third-order valence-corrected chi connectivity index (χ3v) is 3.65. The van der Waals surface area contributed by atoms with Crippen LogP contribution in [0.5, 0.6) is 0 Å². The number of aromatic nitrogens is 3. The molecule has 0 amide bonds. The topological polar surface area (TPSA) is 56.7 Å². The van der Waals surface area contributed by atoms with Gasteiger partial charge in [-0.25, -0.2) is 4.68 Å². The van der Waals surface area contributed by atoms with Crippen LogP contribution in [0.15, 0.2) is 40.9 Å². The largest absolute Gasteiger partial charge is 0.381 e. The number of benzene rings is 2. The van der Waals surface area contributed by atoms with Crippen molar-refractivity contribution in [3.05, 3.63) is 46.6 Å². The van der Waals surface area contributed by atoms with Crippen LogP contribution >= 0.6 is 15.9 Å². The van der Waals surface area contributed by atoms with Crippen molar-refractivity contribution in [1.29, 1.82) is 0 Å². The first-order chi connectivity index (χ1) is 9.19. The number of hydrogen-bond acceptors (Lipinski definition) is 3. The summed E-state index contributed by atoms with van der Waals surface area (Å²) in [6, 6.07) is 12.4. The second kappa shape index (κ2) is 4.66. The molecule has 2 aromatic carbocycles. The fraction of sp³-hybridized carbons (Fsp3) is 0.143. The van der Waals surface area contributed by atoms with Crippen LogP contribution in [-0.2, 0) is 6.42 Å². The molecule has 1 heterocycles. The van der Waals surface area contributed by atoms with Crippen molar-refractivity contribution in [3.8, 4) is 5.69 Å². The Hall–Kier alpha value is -1.88. The number of nitrogens with zero attached hydrogens (tertiary/aromatic N) is 3. The molecule has 0 saturated heterocycles. The lowest BCUT2D eigenvalue weighted by molar-refractivity contribution is 0.768. The van der Waals surface area contributed by atoms with Crippen molar-refractivity contribution in [2.75, 3.05) is 5.73 Å². The minimum atomic E-state index is 0.499. The van der Waals surface area contributed by atoms with Crippen LogP contribution in [0.25, 0.3) is 16.5 Å². The van der Waals surface area contributed by atoms with E-state index in [1.54, 1.807) is 4.68 Å². The predicted molar refractivity (Wildman–Crippen MR) is 80.4 cm³/mol. The van der Waals surface area contributed by atoms with Crippen LogP contribution in [-0.4, -0.2) is 15.0 Å². The number of anilines is 1. The first kappa shape index (κ1) is 12.2. The molecule has 0 radical (unpaired) electrons. The minimum Gasteiger partial charge on any atom is -0.381 e. The van der Waals surface area contributed by atoms with E-state index in [4.69, 9.17) is 5.73 Å². The summed E-state index contributed by atoms with van der Waals surface area (Å²) in [5, 5.41) is 10.4. The van der Waals surface area contributed by atoms with Gasteiger partial charge in [-0.15, -0.1) is 5.10 Å². The number of halogens is 1. The molecule has 0 saturated carbocycles. The van der Waals surface area contributed by atoms with Gasteiger partial charge in [0.2, 0.25) is 0 Å². The molecule has 96 valence electrons. The molecule has 0 fully saturated rings. The highest BCUT2D eigenvalue weighted by molar-refractivity contribution is 9.10. The fourth-order valence-corrected chi connectivity index (χ4v) is 2.57. The number of rotatable bonds is 2. The molecule has 2 N–H and O–H groups in total. The summed E-state index contributed by atoms with van der Waals surface area (Å²) in [6.45, 7) is 2.05. The molecule has 1 aromatic heterocycles. The predicted octanol–water partition coefficient (Wildman–Crippen LogP) is 3.33. The molecule has 5 heteroatoms. The molecule has 4 nitrogen and oxygen atoms in total. The first-order valence-corrected chi connectivity index (χ1v) is 6.88. The molecule has 0 atom stereocenters. The number of nitrogens with two attached hydrogens (primary N) is 1. The van der Waals surface area contributed by atoms with Crippen molar-refractivity contribution < 1.29 is 0 Å². The Kier molecular flexibility index (Phi) is 2.98. The lowest BCUT2D eigenvalue weighted by Gasteiger charge is -2.06. The highest BCUT2D eigenvalue weighted by atomic mass is 79.9. The maximum Gasteiger partial charge on any atom is 0.169 e. The van der Waals surface area contributed by atoms with Crippen molar-refractivity contribution in [2.45, 2.75) is 13.3 Å². The second-order valence-electron chi connectivity index (χ2n) is 4.36. The summed E-state index contributed by atoms with van der Waals surface area (Å²) in [6.07, 6.45) is 0.803. The molecule has 0 aliphatic heterocycles. The zero-order valence-corrected chi connectivity index (χ0v) is 12.1. The van der Waals surface area contributed by atoms with E-state index in [0.29, 0.717) is 5.82 Å². The van der Waals surface area contributed by atoms with Crippen LogP contribution in [0.4, 0.5) is 5.82 Å². The van der Waals surface area contributed by atoms with Gasteiger partial charge in [-0.05, 0) is 41.5 Å². The normalized spacial score (nSPS) is 11.1. The van der Waals surface area contributed by atoms with Gasteiger partial charge >= 0.3 is 0 Å². The zero-order chi connectivity index (χ0) is 13.4. The highest BCUT2D eigenvalue weighted by Crippen LogP contribution is 2.23. The van der Waals surface area contributed by atoms with Crippen LogP contribution in [0.3, 0.4) is 0 Å². The van der Waals surface area contributed by atoms with E-state index in [1.165, 1.54) is 5.39 Å². The fourth-order valence-electron chi connectivity index (χ4n) is 2.19. The minimum absolute atomic E-state index is 0.499. The average Bonchev–Trinajstić information content (AvgIpc) is 2.79. The highest BCUT2D eigenvalue weighted by Gasteiger charge is 2.10. The Morgan fingerprint density at radius 1 is 1.16 bits per heavy atom. The molecular weight excluding hydrogens is 304 g/mol. The van der Waals surface area contributed by atoms with Gasteiger partial charge in [0.25, 0.3) is 0 Å². The smallest absolute Gasteiger partial charge is 0.169 e. The van der Waals surface area contributed by atoms with E-state index in [0.717, 1.165) is 27.7 Å². The molecule has 0 unspecified atom stereocenters. The van der Waals surface area contributed by atoms with Gasteiger partial charge in [0, 0.05) is 4.47 Å². The first-order valence-electron chi connectivity index (χ1n) is 6.09. The van der Waals surface area contributed by atoms with Gasteiger partial charge in [-0.1, -0.05) is 40.2 Å². The van der Waals surface area contributed by atoms with Crippen molar-refractivity contribution in [1.82, 2.24) is 15.0 Å². The quantitative estimate of drug-likeness (QED) is 0.789. The van der Waals surface area contributed by atoms with E-state index in [1.807, 2.05) is 19.1 Å². The van der Waals surface area contributed by atoms with Crippen LogP contribution in [0.2, 0.25) is 0 Å². The molecule has 0 aliphatic rings. The Balaban J connectivity index is 2.17. The lowest BCUT2D eigenvalue weighted by Crippen LogP contribution is -2.02. The Morgan fingerprint density at radius 2 is 1.89 bits per heavy atom. The summed E-state index contributed by atoms with van der Waals surface area (Å²) in [7, 11) is 0.